The summed E-state index contributed by atoms with van der Waals surface area (Å²) in [7, 11) is 0. The van der Waals surface area contributed by atoms with E-state index >= 15 is 0 Å². The van der Waals surface area contributed by atoms with E-state index in [2.05, 4.69) is 15.6 Å². The number of hydrogen-bond acceptors (Lipinski definition) is 4. The van der Waals surface area contributed by atoms with Gasteiger partial charge in [0.25, 0.3) is 0 Å². The molecule has 8 heteroatoms. The summed E-state index contributed by atoms with van der Waals surface area (Å²) in [5, 5.41) is 11.2. The number of fused-ring (bicyclic) bond motifs is 1. The van der Waals surface area contributed by atoms with Crippen LogP contribution in [0.1, 0.15) is 37.6 Å². The molecule has 0 aromatic carbocycles. The lowest BCUT2D eigenvalue weighted by Gasteiger charge is -2.27. The van der Waals surface area contributed by atoms with E-state index in [0.29, 0.717) is 39.0 Å². The fourth-order valence-electron chi connectivity index (χ4n) is 3.18. The number of aromatic nitrogens is 3. The van der Waals surface area contributed by atoms with Crippen LogP contribution < -0.4 is 5.32 Å². The monoisotopic (exact) mass is 320 g/mol. The predicted molar refractivity (Wildman–Crippen MR) is 83.6 cm³/mol. The van der Waals surface area contributed by atoms with Crippen molar-refractivity contribution in [1.29, 1.82) is 0 Å². The van der Waals surface area contributed by atoms with Crippen LogP contribution in [-0.4, -0.2) is 62.9 Å². The van der Waals surface area contributed by atoms with Crippen molar-refractivity contribution in [2.45, 2.75) is 45.7 Å². The number of aryl methyl sites for hydroxylation is 1. The minimum atomic E-state index is -0.0564. The molecule has 2 aliphatic rings. The smallest absolute Gasteiger partial charge is 0.317 e. The van der Waals surface area contributed by atoms with Gasteiger partial charge < -0.3 is 15.1 Å². The third-order valence-electron chi connectivity index (χ3n) is 4.49. The van der Waals surface area contributed by atoms with Crippen molar-refractivity contribution in [3.8, 4) is 0 Å². The van der Waals surface area contributed by atoms with Gasteiger partial charge in [-0.3, -0.25) is 4.79 Å². The topological polar surface area (TPSA) is 83.4 Å². The first kappa shape index (κ1) is 15.8. The van der Waals surface area contributed by atoms with Gasteiger partial charge in [-0.25, -0.2) is 9.48 Å². The molecule has 2 aliphatic heterocycles. The summed E-state index contributed by atoms with van der Waals surface area (Å²) in [5.74, 6) is 0.195. The number of hydrogen-bond donors (Lipinski definition) is 1. The predicted octanol–water partition coefficient (Wildman–Crippen LogP) is 0.378. The normalized spacial score (nSPS) is 17.3. The van der Waals surface area contributed by atoms with Crippen molar-refractivity contribution in [2.75, 3.05) is 26.2 Å². The van der Waals surface area contributed by atoms with Gasteiger partial charge >= 0.3 is 6.03 Å². The van der Waals surface area contributed by atoms with E-state index in [1.54, 1.807) is 4.90 Å². The fraction of sp³-hybridized carbons (Fsp3) is 0.733. The minimum Gasteiger partial charge on any atom is -0.343 e. The molecule has 1 aromatic heterocycles. The quantitative estimate of drug-likeness (QED) is 0.869. The Morgan fingerprint density at radius 3 is 2.65 bits per heavy atom. The highest BCUT2D eigenvalue weighted by molar-refractivity contribution is 5.76. The second kappa shape index (κ2) is 6.97. The van der Waals surface area contributed by atoms with Crippen molar-refractivity contribution >= 4 is 11.9 Å². The Bertz CT molecular complexity index is 579. The molecule has 0 spiro atoms. The highest BCUT2D eigenvalue weighted by atomic mass is 16.2. The molecule has 3 rings (SSSR count). The lowest BCUT2D eigenvalue weighted by atomic mass is 10.1. The van der Waals surface area contributed by atoms with Gasteiger partial charge in [-0.05, 0) is 19.8 Å². The molecule has 23 heavy (non-hydrogen) atoms. The molecule has 0 radical (unpaired) electrons. The molecule has 0 unspecified atom stereocenters. The number of urea groups is 1. The maximum Gasteiger partial charge on any atom is 0.317 e. The van der Waals surface area contributed by atoms with Crippen molar-refractivity contribution < 1.29 is 9.59 Å². The Labute approximate surface area is 135 Å². The summed E-state index contributed by atoms with van der Waals surface area (Å²) < 4.78 is 1.85. The Morgan fingerprint density at radius 2 is 1.91 bits per heavy atom. The standard InChI is InChI=1S/C15H24N6O2/c1-2-16-15(23)20-9-10-21-13(11-20)12(17-18-21)5-6-14(22)19-7-3-4-8-19/h2-11H2,1H3,(H,16,23). The summed E-state index contributed by atoms with van der Waals surface area (Å²) in [4.78, 5) is 27.8. The molecule has 3 amide bonds. The van der Waals surface area contributed by atoms with Crippen LogP contribution in [0.3, 0.4) is 0 Å². The number of rotatable bonds is 4. The Balaban J connectivity index is 1.61. The number of nitrogens with zero attached hydrogens (tertiary/aromatic N) is 5. The maximum atomic E-state index is 12.2. The van der Waals surface area contributed by atoms with Crippen molar-refractivity contribution in [3.05, 3.63) is 11.4 Å². The van der Waals surface area contributed by atoms with Gasteiger partial charge in [0.15, 0.2) is 0 Å². The maximum absolute atomic E-state index is 12.2. The molecule has 126 valence electrons. The molecule has 8 nitrogen and oxygen atoms in total. The SMILES string of the molecule is CCNC(=O)N1CCn2nnc(CCC(=O)N3CCCC3)c2C1. The van der Waals surface area contributed by atoms with E-state index in [1.165, 1.54) is 0 Å². The molecular weight excluding hydrogens is 296 g/mol. The first-order chi connectivity index (χ1) is 11.2. The van der Waals surface area contributed by atoms with Crippen molar-refractivity contribution in [1.82, 2.24) is 30.1 Å². The van der Waals surface area contributed by atoms with Crippen molar-refractivity contribution in [3.63, 3.8) is 0 Å². The average Bonchev–Trinajstić information content (AvgIpc) is 3.22. The molecule has 0 bridgehead atoms. The van der Waals surface area contributed by atoms with Crippen molar-refractivity contribution in [2.24, 2.45) is 0 Å². The Kier molecular flexibility index (Phi) is 4.78. The second-order valence-electron chi connectivity index (χ2n) is 6.05. The van der Waals surface area contributed by atoms with Crippen LogP contribution in [-0.2, 0) is 24.3 Å². The van der Waals surface area contributed by atoms with E-state index < -0.39 is 0 Å². The van der Waals surface area contributed by atoms with Crippen LogP contribution in [0.5, 0.6) is 0 Å². The van der Waals surface area contributed by atoms with Gasteiger partial charge in [0, 0.05) is 39.0 Å². The second-order valence-corrected chi connectivity index (χ2v) is 6.05. The number of carbonyl (C=O) groups is 2. The lowest BCUT2D eigenvalue weighted by molar-refractivity contribution is -0.130. The van der Waals surface area contributed by atoms with Gasteiger partial charge in [-0.15, -0.1) is 5.10 Å². The summed E-state index contributed by atoms with van der Waals surface area (Å²) in [6, 6.07) is -0.0564. The van der Waals surface area contributed by atoms with Gasteiger partial charge in [0.05, 0.1) is 24.5 Å². The Hall–Kier alpha value is -2.12. The third-order valence-corrected chi connectivity index (χ3v) is 4.49. The molecular formula is C15H24N6O2. The van der Waals surface area contributed by atoms with Crippen LogP contribution >= 0.6 is 0 Å². The molecule has 0 saturated carbocycles. The van der Waals surface area contributed by atoms with E-state index in [4.69, 9.17) is 0 Å². The zero-order valence-corrected chi connectivity index (χ0v) is 13.6. The van der Waals surface area contributed by atoms with Crippen LogP contribution in [0.15, 0.2) is 0 Å². The van der Waals surface area contributed by atoms with Crippen LogP contribution in [0.4, 0.5) is 4.79 Å². The number of carbonyl (C=O) groups excluding carboxylic acids is 2. The fourth-order valence-corrected chi connectivity index (χ4v) is 3.18. The van der Waals surface area contributed by atoms with Gasteiger partial charge in [-0.1, -0.05) is 5.21 Å². The summed E-state index contributed by atoms with van der Waals surface area (Å²) >= 11 is 0. The minimum absolute atomic E-state index is 0.0564. The van der Waals surface area contributed by atoms with Gasteiger partial charge in [-0.2, -0.15) is 0 Å². The highest BCUT2D eigenvalue weighted by Crippen LogP contribution is 2.17. The number of likely N-dealkylation sites (tertiary alicyclic amines) is 1. The first-order valence-corrected chi connectivity index (χ1v) is 8.41. The summed E-state index contributed by atoms with van der Waals surface area (Å²) in [5.41, 5.74) is 1.79. The molecule has 1 fully saturated rings. The Morgan fingerprint density at radius 1 is 1.13 bits per heavy atom. The number of nitrogens with one attached hydrogen (secondary N) is 1. The van der Waals surface area contributed by atoms with E-state index in [0.717, 1.165) is 37.3 Å². The molecule has 1 N–H and O–H groups in total. The van der Waals surface area contributed by atoms with E-state index in [9.17, 15) is 9.59 Å². The van der Waals surface area contributed by atoms with Crippen LogP contribution in [0.25, 0.3) is 0 Å². The largest absolute Gasteiger partial charge is 0.343 e. The first-order valence-electron chi connectivity index (χ1n) is 8.41. The summed E-state index contributed by atoms with van der Waals surface area (Å²) in [6.07, 6.45) is 3.27. The number of amides is 3. The molecule has 0 atom stereocenters. The van der Waals surface area contributed by atoms with E-state index in [-0.39, 0.29) is 11.9 Å². The van der Waals surface area contributed by atoms with Gasteiger partial charge in [0.1, 0.15) is 0 Å². The molecule has 3 heterocycles. The molecule has 1 aromatic rings. The average molecular weight is 320 g/mol. The van der Waals surface area contributed by atoms with Crippen LogP contribution in [0, 0.1) is 0 Å². The zero-order valence-electron chi connectivity index (χ0n) is 13.6. The lowest BCUT2D eigenvalue weighted by Crippen LogP contribution is -2.44. The third kappa shape index (κ3) is 3.46. The highest BCUT2D eigenvalue weighted by Gasteiger charge is 2.25. The molecule has 0 aliphatic carbocycles. The zero-order chi connectivity index (χ0) is 16.2. The van der Waals surface area contributed by atoms with Gasteiger partial charge in [0.2, 0.25) is 5.91 Å². The van der Waals surface area contributed by atoms with Crippen LogP contribution in [0.2, 0.25) is 0 Å². The summed E-state index contributed by atoms with van der Waals surface area (Å²) in [6.45, 7) is 6.07. The van der Waals surface area contributed by atoms with E-state index in [1.807, 2.05) is 16.5 Å². The molecule has 1 saturated heterocycles.